The van der Waals surface area contributed by atoms with Crippen molar-refractivity contribution in [2.75, 3.05) is 63.9 Å². The molecule has 3 heterocycles. The van der Waals surface area contributed by atoms with Crippen molar-refractivity contribution in [2.24, 2.45) is 0 Å². The van der Waals surface area contributed by atoms with Crippen molar-refractivity contribution in [1.29, 1.82) is 0 Å². The molecule has 1 spiro atoms. The minimum Gasteiger partial charge on any atom is -0.378 e. The monoisotopic (exact) mass is 415 g/mol. The number of rotatable bonds is 6. The lowest BCUT2D eigenvalue weighted by molar-refractivity contribution is -0.227. The van der Waals surface area contributed by atoms with Crippen LogP contribution in [0.2, 0.25) is 0 Å². The minimum absolute atomic E-state index is 0.0186. The van der Waals surface area contributed by atoms with Crippen molar-refractivity contribution in [3.05, 3.63) is 29.3 Å². The molecule has 1 atom stereocenters. The Labute approximate surface area is 181 Å². The molecule has 0 N–H and O–H groups in total. The maximum Gasteiger partial charge on any atom is 0.253 e. The van der Waals surface area contributed by atoms with Crippen LogP contribution >= 0.6 is 0 Å². The molecular formula is C24H37N3O3. The number of aryl methyl sites for hydroxylation is 1. The van der Waals surface area contributed by atoms with Crippen molar-refractivity contribution in [2.45, 2.75) is 51.7 Å². The van der Waals surface area contributed by atoms with Gasteiger partial charge in [0.05, 0.1) is 24.9 Å². The number of likely N-dealkylation sites (N-methyl/N-ethyl adjacent to an activating group) is 1. The summed E-state index contributed by atoms with van der Waals surface area (Å²) in [5, 5.41) is 0. The fourth-order valence-electron chi connectivity index (χ4n) is 5.20. The lowest BCUT2D eigenvalue weighted by atomic mass is 9.80. The molecule has 30 heavy (non-hydrogen) atoms. The van der Waals surface area contributed by atoms with Gasteiger partial charge in [-0.15, -0.1) is 0 Å². The molecule has 0 bridgehead atoms. The summed E-state index contributed by atoms with van der Waals surface area (Å²) >= 11 is 0. The normalized spacial score (nSPS) is 23.7. The third-order valence-electron chi connectivity index (χ3n) is 7.13. The molecular weight excluding hydrogens is 378 g/mol. The van der Waals surface area contributed by atoms with Crippen molar-refractivity contribution in [3.8, 4) is 0 Å². The molecule has 0 radical (unpaired) electrons. The van der Waals surface area contributed by atoms with Gasteiger partial charge in [-0.2, -0.15) is 0 Å². The number of benzene rings is 1. The lowest BCUT2D eigenvalue weighted by Gasteiger charge is -2.53. The Balaban J connectivity index is 1.30. The third-order valence-corrected chi connectivity index (χ3v) is 7.13. The molecule has 1 aromatic rings. The van der Waals surface area contributed by atoms with E-state index in [-0.39, 0.29) is 11.5 Å². The molecule has 0 saturated carbocycles. The lowest BCUT2D eigenvalue weighted by Crippen LogP contribution is -2.59. The predicted octanol–water partition coefficient (Wildman–Crippen LogP) is 2.94. The van der Waals surface area contributed by atoms with Gasteiger partial charge in [-0.3, -0.25) is 4.79 Å². The van der Waals surface area contributed by atoms with Gasteiger partial charge < -0.3 is 24.2 Å². The summed E-state index contributed by atoms with van der Waals surface area (Å²) in [6, 6.07) is 6.15. The highest BCUT2D eigenvalue weighted by molar-refractivity contribution is 5.95. The van der Waals surface area contributed by atoms with Crippen LogP contribution in [0.3, 0.4) is 0 Å². The van der Waals surface area contributed by atoms with Gasteiger partial charge in [0.15, 0.2) is 0 Å². The van der Waals surface area contributed by atoms with Gasteiger partial charge in [0.1, 0.15) is 0 Å². The highest BCUT2D eigenvalue weighted by Crippen LogP contribution is 2.41. The first-order valence-electron chi connectivity index (χ1n) is 11.7. The summed E-state index contributed by atoms with van der Waals surface area (Å²) in [6.45, 7) is 14.7. The van der Waals surface area contributed by atoms with E-state index in [2.05, 4.69) is 42.7 Å². The SMILES string of the molecule is CCN(CC)CC1CC2(CCN(C(=O)c3ccc(N4CCOCC4)c(C)c3)CC2)O1. The summed E-state index contributed by atoms with van der Waals surface area (Å²) in [5.74, 6) is 0.153. The van der Waals surface area contributed by atoms with Crippen molar-refractivity contribution < 1.29 is 14.3 Å². The number of ether oxygens (including phenoxy) is 2. The van der Waals surface area contributed by atoms with Gasteiger partial charge in [-0.25, -0.2) is 0 Å². The van der Waals surface area contributed by atoms with Crippen LogP contribution in [-0.2, 0) is 9.47 Å². The van der Waals surface area contributed by atoms with Crippen LogP contribution < -0.4 is 4.90 Å². The van der Waals surface area contributed by atoms with Gasteiger partial charge in [0, 0.05) is 50.4 Å². The zero-order chi connectivity index (χ0) is 21.1. The van der Waals surface area contributed by atoms with E-state index >= 15 is 0 Å². The van der Waals surface area contributed by atoms with Crippen LogP contribution in [0.15, 0.2) is 18.2 Å². The molecule has 3 aliphatic rings. The van der Waals surface area contributed by atoms with E-state index in [0.717, 1.165) is 89.4 Å². The summed E-state index contributed by atoms with van der Waals surface area (Å²) in [4.78, 5) is 19.9. The smallest absolute Gasteiger partial charge is 0.253 e. The molecule has 6 heteroatoms. The Hall–Kier alpha value is -1.63. The number of hydrogen-bond acceptors (Lipinski definition) is 5. The third kappa shape index (κ3) is 4.51. The standard InChI is InChI=1S/C24H37N3O3/c1-4-25(5-2)18-21-17-24(30-21)8-10-27(11-9-24)23(28)20-6-7-22(19(3)16-20)26-12-14-29-15-13-26/h6-7,16,21H,4-5,8-15,17-18H2,1-3H3. The van der Waals surface area contributed by atoms with E-state index in [4.69, 9.17) is 9.47 Å². The number of morpholine rings is 1. The predicted molar refractivity (Wildman–Crippen MR) is 119 cm³/mol. The highest BCUT2D eigenvalue weighted by atomic mass is 16.5. The number of hydrogen-bond donors (Lipinski definition) is 0. The van der Waals surface area contributed by atoms with E-state index in [9.17, 15) is 4.79 Å². The fraction of sp³-hybridized carbons (Fsp3) is 0.708. The highest BCUT2D eigenvalue weighted by Gasteiger charge is 2.47. The largest absolute Gasteiger partial charge is 0.378 e. The average Bonchev–Trinajstić information content (AvgIpc) is 2.76. The topological polar surface area (TPSA) is 45.2 Å². The molecule has 3 aliphatic heterocycles. The van der Waals surface area contributed by atoms with Crippen LogP contribution in [0.5, 0.6) is 0 Å². The molecule has 0 aromatic heterocycles. The average molecular weight is 416 g/mol. The summed E-state index contributed by atoms with van der Waals surface area (Å²) in [5.41, 5.74) is 3.20. The minimum atomic E-state index is 0.0186. The number of piperidine rings is 1. The maximum atomic E-state index is 13.1. The Morgan fingerprint density at radius 1 is 1.13 bits per heavy atom. The first-order valence-corrected chi connectivity index (χ1v) is 11.7. The first kappa shape index (κ1) is 21.6. The quantitative estimate of drug-likeness (QED) is 0.715. The van der Waals surface area contributed by atoms with E-state index in [1.807, 2.05) is 11.0 Å². The van der Waals surface area contributed by atoms with E-state index in [1.165, 1.54) is 5.69 Å². The van der Waals surface area contributed by atoms with E-state index < -0.39 is 0 Å². The van der Waals surface area contributed by atoms with Crippen molar-refractivity contribution >= 4 is 11.6 Å². The summed E-state index contributed by atoms with van der Waals surface area (Å²) < 4.78 is 11.8. The molecule has 1 amide bonds. The molecule has 4 rings (SSSR count). The van der Waals surface area contributed by atoms with Crippen molar-refractivity contribution in [1.82, 2.24) is 9.80 Å². The van der Waals surface area contributed by atoms with Crippen LogP contribution in [0.1, 0.15) is 49.0 Å². The number of carbonyl (C=O) groups is 1. The van der Waals surface area contributed by atoms with Gasteiger partial charge in [0.25, 0.3) is 5.91 Å². The second-order valence-corrected chi connectivity index (χ2v) is 9.01. The van der Waals surface area contributed by atoms with Crippen LogP contribution in [0.4, 0.5) is 5.69 Å². The Bertz CT molecular complexity index is 727. The molecule has 0 aliphatic carbocycles. The van der Waals surface area contributed by atoms with Gasteiger partial charge in [-0.05, 0) is 56.6 Å². The van der Waals surface area contributed by atoms with E-state index in [0.29, 0.717) is 6.10 Å². The number of amides is 1. The number of likely N-dealkylation sites (tertiary alicyclic amines) is 1. The molecule has 1 aromatic carbocycles. The second kappa shape index (κ2) is 9.25. The van der Waals surface area contributed by atoms with Gasteiger partial charge in [-0.1, -0.05) is 13.8 Å². The number of anilines is 1. The van der Waals surface area contributed by atoms with Crippen LogP contribution in [0, 0.1) is 6.92 Å². The number of carbonyl (C=O) groups excluding carboxylic acids is 1. The Morgan fingerprint density at radius 2 is 1.80 bits per heavy atom. The van der Waals surface area contributed by atoms with E-state index in [1.54, 1.807) is 0 Å². The van der Waals surface area contributed by atoms with Gasteiger partial charge in [0.2, 0.25) is 0 Å². The summed E-state index contributed by atoms with van der Waals surface area (Å²) in [7, 11) is 0. The zero-order valence-electron chi connectivity index (χ0n) is 18.9. The zero-order valence-corrected chi connectivity index (χ0v) is 18.9. The molecule has 3 saturated heterocycles. The molecule has 6 nitrogen and oxygen atoms in total. The van der Waals surface area contributed by atoms with Crippen molar-refractivity contribution in [3.63, 3.8) is 0 Å². The van der Waals surface area contributed by atoms with Crippen LogP contribution in [0.25, 0.3) is 0 Å². The van der Waals surface area contributed by atoms with Crippen LogP contribution in [-0.4, -0.2) is 86.4 Å². The fourth-order valence-corrected chi connectivity index (χ4v) is 5.20. The molecule has 166 valence electrons. The Morgan fingerprint density at radius 3 is 2.40 bits per heavy atom. The second-order valence-electron chi connectivity index (χ2n) is 9.01. The Kier molecular flexibility index (Phi) is 6.66. The maximum absolute atomic E-state index is 13.1. The summed E-state index contributed by atoms with van der Waals surface area (Å²) in [6.07, 6.45) is 3.41. The molecule has 1 unspecified atom stereocenters. The number of nitrogens with zero attached hydrogens (tertiary/aromatic N) is 3. The molecule has 3 fully saturated rings. The first-order chi connectivity index (χ1) is 14.5. The van der Waals surface area contributed by atoms with Gasteiger partial charge >= 0.3 is 0 Å².